The summed E-state index contributed by atoms with van der Waals surface area (Å²) < 4.78 is 66.3. The van der Waals surface area contributed by atoms with E-state index in [1.807, 2.05) is 6.92 Å². The number of carbonyl (C=O) groups excluding carboxylic acids is 1. The van der Waals surface area contributed by atoms with Gasteiger partial charge in [0.05, 0.1) is 16.5 Å². The molecule has 2 aromatic carbocycles. The van der Waals surface area contributed by atoms with E-state index in [9.17, 15) is 26.4 Å². The van der Waals surface area contributed by atoms with Gasteiger partial charge in [-0.15, -0.1) is 0 Å². The predicted octanol–water partition coefficient (Wildman–Crippen LogP) is 3.76. The summed E-state index contributed by atoms with van der Waals surface area (Å²) in [6.07, 6.45) is -2.85. The van der Waals surface area contributed by atoms with Crippen molar-refractivity contribution in [1.82, 2.24) is 5.32 Å². The van der Waals surface area contributed by atoms with Gasteiger partial charge in [-0.2, -0.15) is 13.2 Å². The molecule has 0 aromatic heterocycles. The van der Waals surface area contributed by atoms with Crippen molar-refractivity contribution in [2.75, 3.05) is 12.9 Å². The van der Waals surface area contributed by atoms with Crippen LogP contribution in [-0.4, -0.2) is 27.2 Å². The molecule has 0 saturated carbocycles. The summed E-state index contributed by atoms with van der Waals surface area (Å²) in [6.45, 7) is 1.39. The van der Waals surface area contributed by atoms with E-state index >= 15 is 0 Å². The highest BCUT2D eigenvalue weighted by molar-refractivity contribution is 7.90. The Balaban J connectivity index is 1.99. The highest BCUT2D eigenvalue weighted by atomic mass is 32.2. The largest absolute Gasteiger partial charge is 0.484 e. The van der Waals surface area contributed by atoms with Gasteiger partial charge in [-0.1, -0.05) is 25.1 Å². The lowest BCUT2D eigenvalue weighted by molar-refractivity contribution is -0.137. The van der Waals surface area contributed by atoms with E-state index in [1.165, 1.54) is 24.3 Å². The van der Waals surface area contributed by atoms with Crippen molar-refractivity contribution in [2.45, 2.75) is 30.5 Å². The van der Waals surface area contributed by atoms with Crippen molar-refractivity contribution < 1.29 is 31.1 Å². The average Bonchev–Trinajstić information content (AvgIpc) is 2.63. The van der Waals surface area contributed by atoms with Gasteiger partial charge in [-0.05, 0) is 42.3 Å². The van der Waals surface area contributed by atoms with Gasteiger partial charge >= 0.3 is 6.18 Å². The Bertz CT molecular complexity index is 925. The summed E-state index contributed by atoms with van der Waals surface area (Å²) in [4.78, 5) is 12.3. The third-order valence-corrected chi connectivity index (χ3v) is 5.11. The Hall–Kier alpha value is -2.55. The van der Waals surface area contributed by atoms with Gasteiger partial charge < -0.3 is 10.1 Å². The summed E-state index contributed by atoms with van der Waals surface area (Å²) in [5.74, 6) is -0.563. The fourth-order valence-corrected chi connectivity index (χ4v) is 3.15. The Labute approximate surface area is 161 Å². The highest BCUT2D eigenvalue weighted by Gasteiger charge is 2.30. The van der Waals surface area contributed by atoms with E-state index in [4.69, 9.17) is 4.74 Å². The maximum absolute atomic E-state index is 12.7. The van der Waals surface area contributed by atoms with Crippen LogP contribution in [0.25, 0.3) is 0 Å². The van der Waals surface area contributed by atoms with Crippen LogP contribution in [0, 0.1) is 0 Å². The van der Waals surface area contributed by atoms with E-state index in [-0.39, 0.29) is 16.7 Å². The second-order valence-corrected chi connectivity index (χ2v) is 8.20. The number of alkyl halides is 3. The third-order valence-electron chi connectivity index (χ3n) is 3.99. The number of ether oxygens (including phenoxy) is 1. The molecule has 152 valence electrons. The number of hydrogen-bond donors (Lipinski definition) is 1. The normalized spacial score (nSPS) is 13.0. The number of carbonyl (C=O) groups is 1. The van der Waals surface area contributed by atoms with Gasteiger partial charge in [0.1, 0.15) is 5.75 Å². The zero-order valence-electron chi connectivity index (χ0n) is 15.3. The van der Waals surface area contributed by atoms with Crippen molar-refractivity contribution >= 4 is 15.7 Å². The molecule has 1 atom stereocenters. The first-order valence-corrected chi connectivity index (χ1v) is 10.3. The van der Waals surface area contributed by atoms with Crippen LogP contribution in [0.3, 0.4) is 0 Å². The molecule has 0 spiro atoms. The van der Waals surface area contributed by atoms with Crippen molar-refractivity contribution in [2.24, 2.45) is 0 Å². The molecule has 2 aromatic rings. The second-order valence-electron chi connectivity index (χ2n) is 6.18. The standard InChI is InChI=1S/C19H20F3NO4S/c1-3-17(13-7-9-16(10-8-13)28(2,25)26)23-18(24)12-27-15-6-4-5-14(11-15)19(20,21)22/h4-11,17H,3,12H2,1-2H3,(H,23,24). The van der Waals surface area contributed by atoms with Crippen LogP contribution in [0.2, 0.25) is 0 Å². The van der Waals surface area contributed by atoms with Gasteiger partial charge in [0, 0.05) is 6.26 Å². The Kier molecular flexibility index (Phi) is 6.71. The molecular weight excluding hydrogens is 395 g/mol. The van der Waals surface area contributed by atoms with Crippen molar-refractivity contribution in [1.29, 1.82) is 0 Å². The molecule has 28 heavy (non-hydrogen) atoms. The number of sulfone groups is 1. The molecule has 1 unspecified atom stereocenters. The van der Waals surface area contributed by atoms with E-state index in [0.29, 0.717) is 12.0 Å². The molecule has 2 rings (SSSR count). The Morgan fingerprint density at radius 1 is 1.14 bits per heavy atom. The molecule has 1 amide bonds. The predicted molar refractivity (Wildman–Crippen MR) is 97.7 cm³/mol. The summed E-state index contributed by atoms with van der Waals surface area (Å²) in [5, 5.41) is 2.72. The number of rotatable bonds is 7. The quantitative estimate of drug-likeness (QED) is 0.748. The fraction of sp³-hybridized carbons (Fsp3) is 0.316. The molecule has 0 aliphatic carbocycles. The number of nitrogens with one attached hydrogen (secondary N) is 1. The molecule has 0 aliphatic rings. The number of amides is 1. The van der Waals surface area contributed by atoms with Gasteiger partial charge in [-0.3, -0.25) is 4.79 Å². The molecular formula is C19H20F3NO4S. The lowest BCUT2D eigenvalue weighted by Gasteiger charge is -2.18. The highest BCUT2D eigenvalue weighted by Crippen LogP contribution is 2.31. The summed E-state index contributed by atoms with van der Waals surface area (Å²) in [5.41, 5.74) is -0.148. The topological polar surface area (TPSA) is 72.5 Å². The minimum Gasteiger partial charge on any atom is -0.484 e. The molecule has 5 nitrogen and oxygen atoms in total. The number of benzene rings is 2. The fourth-order valence-electron chi connectivity index (χ4n) is 2.52. The first-order chi connectivity index (χ1) is 13.0. The van der Waals surface area contributed by atoms with Crippen LogP contribution in [-0.2, 0) is 20.8 Å². The smallest absolute Gasteiger partial charge is 0.416 e. The summed E-state index contributed by atoms with van der Waals surface area (Å²) >= 11 is 0. The Morgan fingerprint density at radius 3 is 2.32 bits per heavy atom. The Morgan fingerprint density at radius 2 is 1.79 bits per heavy atom. The number of halogens is 3. The summed E-state index contributed by atoms with van der Waals surface area (Å²) in [6, 6.07) is 10.0. The molecule has 0 aliphatic heterocycles. The maximum atomic E-state index is 12.7. The van der Waals surface area contributed by atoms with Crippen LogP contribution in [0.5, 0.6) is 5.75 Å². The van der Waals surface area contributed by atoms with Gasteiger partial charge in [-0.25, -0.2) is 8.42 Å². The van der Waals surface area contributed by atoms with Crippen LogP contribution < -0.4 is 10.1 Å². The second kappa shape index (κ2) is 8.64. The maximum Gasteiger partial charge on any atom is 0.416 e. The summed E-state index contributed by atoms with van der Waals surface area (Å²) in [7, 11) is -3.32. The molecule has 9 heteroatoms. The van der Waals surface area contributed by atoms with Crippen LogP contribution in [0.4, 0.5) is 13.2 Å². The monoisotopic (exact) mass is 415 g/mol. The van der Waals surface area contributed by atoms with Crippen LogP contribution in [0.1, 0.15) is 30.5 Å². The molecule has 0 bridgehead atoms. The minimum atomic E-state index is -4.49. The van der Waals surface area contributed by atoms with E-state index in [0.717, 1.165) is 18.4 Å². The molecule has 0 fully saturated rings. The van der Waals surface area contributed by atoms with Crippen LogP contribution in [0.15, 0.2) is 53.4 Å². The van der Waals surface area contributed by atoms with Gasteiger partial charge in [0.2, 0.25) is 0 Å². The molecule has 0 radical (unpaired) electrons. The zero-order valence-corrected chi connectivity index (χ0v) is 16.1. The first kappa shape index (κ1) is 21.7. The lowest BCUT2D eigenvalue weighted by atomic mass is 10.0. The van der Waals surface area contributed by atoms with E-state index in [2.05, 4.69) is 5.32 Å². The average molecular weight is 415 g/mol. The zero-order chi connectivity index (χ0) is 20.9. The number of hydrogen-bond acceptors (Lipinski definition) is 4. The van der Waals surface area contributed by atoms with Crippen molar-refractivity contribution in [3.8, 4) is 5.75 Å². The molecule has 0 saturated heterocycles. The SMILES string of the molecule is CCC(NC(=O)COc1cccc(C(F)(F)F)c1)c1ccc(S(C)(=O)=O)cc1. The van der Waals surface area contributed by atoms with Gasteiger partial charge in [0.25, 0.3) is 5.91 Å². The molecule has 0 heterocycles. The molecule has 1 N–H and O–H groups in total. The van der Waals surface area contributed by atoms with Crippen molar-refractivity contribution in [3.05, 3.63) is 59.7 Å². The van der Waals surface area contributed by atoms with E-state index < -0.39 is 34.1 Å². The van der Waals surface area contributed by atoms with Gasteiger partial charge in [0.15, 0.2) is 16.4 Å². The van der Waals surface area contributed by atoms with Crippen molar-refractivity contribution in [3.63, 3.8) is 0 Å². The van der Waals surface area contributed by atoms with Crippen LogP contribution >= 0.6 is 0 Å². The first-order valence-electron chi connectivity index (χ1n) is 8.40. The lowest BCUT2D eigenvalue weighted by Crippen LogP contribution is -2.32. The van der Waals surface area contributed by atoms with E-state index in [1.54, 1.807) is 12.1 Å². The minimum absolute atomic E-state index is 0.0597. The third kappa shape index (κ3) is 5.98.